The Bertz CT molecular complexity index is 1410. The topological polar surface area (TPSA) is 42.3 Å². The Hall–Kier alpha value is -3.06. The molecule has 1 fully saturated rings. The largest absolute Gasteiger partial charge is 0.495 e. The van der Waals surface area contributed by atoms with Gasteiger partial charge < -0.3 is 19.5 Å². The summed E-state index contributed by atoms with van der Waals surface area (Å²) in [4.78, 5) is 6.79. The monoisotopic (exact) mass is 522 g/mol. The first-order valence-corrected chi connectivity index (χ1v) is 12.3. The highest BCUT2D eigenvalue weighted by atomic mass is 35.5. The molecule has 2 aromatic carbocycles. The van der Waals surface area contributed by atoms with Gasteiger partial charge in [-0.05, 0) is 80.2 Å². The van der Waals surface area contributed by atoms with Gasteiger partial charge in [0.2, 0.25) is 0 Å². The lowest BCUT2D eigenvalue weighted by Gasteiger charge is -2.29. The van der Waals surface area contributed by atoms with Crippen LogP contribution in [0.15, 0.2) is 72.9 Å². The average Bonchev–Trinajstić information content (AvgIpc) is 3.35. The SMILES string of the molecule is COc1ccccc1N1C(=S)N[C@@H](c2ccccn2)[C@H]1c1cc(C)n(-c2ccc(Cl)cc2Cl)c1C. The Morgan fingerprint density at radius 3 is 2.46 bits per heavy atom. The molecule has 2 aromatic heterocycles. The van der Waals surface area contributed by atoms with E-state index < -0.39 is 0 Å². The second kappa shape index (κ2) is 9.53. The summed E-state index contributed by atoms with van der Waals surface area (Å²) in [6.07, 6.45) is 1.81. The minimum Gasteiger partial charge on any atom is -0.495 e. The Labute approximate surface area is 220 Å². The summed E-state index contributed by atoms with van der Waals surface area (Å²) in [5.41, 5.74) is 5.91. The molecule has 4 aromatic rings. The van der Waals surface area contributed by atoms with Gasteiger partial charge >= 0.3 is 0 Å². The van der Waals surface area contributed by atoms with E-state index in [9.17, 15) is 0 Å². The molecule has 3 heterocycles. The van der Waals surface area contributed by atoms with E-state index in [4.69, 9.17) is 40.2 Å². The first-order valence-electron chi connectivity index (χ1n) is 11.2. The number of hydrogen-bond acceptors (Lipinski definition) is 3. The van der Waals surface area contributed by atoms with Gasteiger partial charge in [0.15, 0.2) is 5.11 Å². The summed E-state index contributed by atoms with van der Waals surface area (Å²) in [5.74, 6) is 0.748. The van der Waals surface area contributed by atoms with Crippen molar-refractivity contribution in [2.24, 2.45) is 0 Å². The highest BCUT2D eigenvalue weighted by molar-refractivity contribution is 7.80. The minimum atomic E-state index is -0.167. The van der Waals surface area contributed by atoms with Crippen molar-refractivity contribution in [1.82, 2.24) is 14.9 Å². The third-order valence-electron chi connectivity index (χ3n) is 6.38. The number of thiocarbonyl (C=S) groups is 1. The lowest BCUT2D eigenvalue weighted by atomic mass is 9.96. The number of hydrogen-bond donors (Lipinski definition) is 1. The van der Waals surface area contributed by atoms with Crippen LogP contribution in [0.25, 0.3) is 5.69 Å². The van der Waals surface area contributed by atoms with E-state index in [0.29, 0.717) is 15.2 Å². The quantitative estimate of drug-likeness (QED) is 0.286. The second-order valence-corrected chi connectivity index (χ2v) is 9.66. The molecule has 178 valence electrons. The van der Waals surface area contributed by atoms with Crippen molar-refractivity contribution >= 4 is 46.2 Å². The molecule has 0 amide bonds. The highest BCUT2D eigenvalue weighted by Gasteiger charge is 2.43. The summed E-state index contributed by atoms with van der Waals surface area (Å²) in [5, 5.41) is 5.33. The number of pyridine rings is 1. The first-order chi connectivity index (χ1) is 16.9. The van der Waals surface area contributed by atoms with Gasteiger partial charge in [-0.15, -0.1) is 0 Å². The number of aromatic nitrogens is 2. The molecule has 5 nitrogen and oxygen atoms in total. The number of aryl methyl sites for hydroxylation is 1. The molecule has 5 rings (SSSR count). The summed E-state index contributed by atoms with van der Waals surface area (Å²) in [6, 6.07) is 21.3. The van der Waals surface area contributed by atoms with Crippen LogP contribution >= 0.6 is 35.4 Å². The number of nitrogens with one attached hydrogen (secondary N) is 1. The van der Waals surface area contributed by atoms with Crippen molar-refractivity contribution in [3.63, 3.8) is 0 Å². The summed E-state index contributed by atoms with van der Waals surface area (Å²) >= 11 is 18.7. The van der Waals surface area contributed by atoms with E-state index in [0.717, 1.165) is 39.8 Å². The van der Waals surface area contributed by atoms with E-state index in [1.807, 2.05) is 54.6 Å². The lowest BCUT2D eigenvalue weighted by molar-refractivity contribution is 0.414. The molecule has 1 aliphatic heterocycles. The maximum Gasteiger partial charge on any atom is 0.174 e. The molecule has 8 heteroatoms. The Balaban J connectivity index is 1.71. The molecule has 0 unspecified atom stereocenters. The predicted molar refractivity (Wildman–Crippen MR) is 146 cm³/mol. The Morgan fingerprint density at radius 1 is 0.971 bits per heavy atom. The number of anilines is 1. The van der Waals surface area contributed by atoms with Gasteiger partial charge in [0.1, 0.15) is 5.75 Å². The molecule has 35 heavy (non-hydrogen) atoms. The fourth-order valence-corrected chi connectivity index (χ4v) is 5.71. The molecule has 0 bridgehead atoms. The van der Waals surface area contributed by atoms with Gasteiger partial charge in [-0.2, -0.15) is 0 Å². The highest BCUT2D eigenvalue weighted by Crippen LogP contribution is 2.46. The van der Waals surface area contributed by atoms with Crippen molar-refractivity contribution in [1.29, 1.82) is 0 Å². The number of halogens is 2. The second-order valence-electron chi connectivity index (χ2n) is 8.43. The van der Waals surface area contributed by atoms with Crippen LogP contribution in [0.2, 0.25) is 10.0 Å². The van der Waals surface area contributed by atoms with Crippen LogP contribution in [0.1, 0.15) is 34.7 Å². The number of benzene rings is 2. The first kappa shape index (κ1) is 23.7. The number of methoxy groups -OCH3 is 1. The van der Waals surface area contributed by atoms with Crippen LogP contribution in [-0.4, -0.2) is 21.8 Å². The standard InChI is InChI=1S/C27H24Cl2N4OS/c1-16-14-19(17(2)32(16)22-12-11-18(28)15-20(22)29)26-25(21-8-6-7-13-30-21)31-27(35)33(26)23-9-4-5-10-24(23)34-3/h4-15,25-26H,1-3H3,(H,31,35)/t25-,26+/m0/s1. The van der Waals surface area contributed by atoms with Gasteiger partial charge in [-0.25, -0.2) is 0 Å². The summed E-state index contributed by atoms with van der Waals surface area (Å²) in [7, 11) is 1.67. The fourth-order valence-electron chi connectivity index (χ4n) is 4.88. The van der Waals surface area contributed by atoms with Gasteiger partial charge in [0.25, 0.3) is 0 Å². The minimum absolute atomic E-state index is 0.164. The maximum atomic E-state index is 6.61. The van der Waals surface area contributed by atoms with Gasteiger partial charge in [0, 0.05) is 22.6 Å². The molecule has 0 aliphatic carbocycles. The van der Waals surface area contributed by atoms with Crippen molar-refractivity contribution in [2.45, 2.75) is 25.9 Å². The maximum absolute atomic E-state index is 6.61. The van der Waals surface area contributed by atoms with Crippen LogP contribution in [-0.2, 0) is 0 Å². The van der Waals surface area contributed by atoms with Crippen molar-refractivity contribution in [3.8, 4) is 11.4 Å². The van der Waals surface area contributed by atoms with Crippen LogP contribution in [0.3, 0.4) is 0 Å². The Morgan fingerprint density at radius 2 is 1.74 bits per heavy atom. The number of rotatable bonds is 5. The van der Waals surface area contributed by atoms with Crippen molar-refractivity contribution in [2.75, 3.05) is 12.0 Å². The predicted octanol–water partition coefficient (Wildman–Crippen LogP) is 6.98. The third-order valence-corrected chi connectivity index (χ3v) is 7.23. The average molecular weight is 523 g/mol. The molecule has 1 aliphatic rings. The molecular formula is C27H24Cl2N4OS. The summed E-state index contributed by atoms with van der Waals surface area (Å²) < 4.78 is 7.86. The molecule has 0 radical (unpaired) electrons. The van der Waals surface area contributed by atoms with Crippen LogP contribution < -0.4 is 15.0 Å². The zero-order chi connectivity index (χ0) is 24.7. The van der Waals surface area contributed by atoms with E-state index in [1.54, 1.807) is 19.4 Å². The van der Waals surface area contributed by atoms with E-state index >= 15 is 0 Å². The molecule has 1 N–H and O–H groups in total. The number of para-hydroxylation sites is 2. The zero-order valence-electron chi connectivity index (χ0n) is 19.5. The molecule has 0 spiro atoms. The fraction of sp³-hybridized carbons (Fsp3) is 0.185. The smallest absolute Gasteiger partial charge is 0.174 e. The van der Waals surface area contributed by atoms with Crippen molar-refractivity contribution in [3.05, 3.63) is 106 Å². The third kappa shape index (κ3) is 4.16. The van der Waals surface area contributed by atoms with Crippen LogP contribution in [0.4, 0.5) is 5.69 Å². The molecular weight excluding hydrogens is 499 g/mol. The van der Waals surface area contributed by atoms with Crippen LogP contribution in [0, 0.1) is 13.8 Å². The van der Waals surface area contributed by atoms with E-state index in [-0.39, 0.29) is 12.1 Å². The molecule has 1 saturated heterocycles. The van der Waals surface area contributed by atoms with Gasteiger partial charge in [-0.1, -0.05) is 41.4 Å². The Kier molecular flexibility index (Phi) is 6.45. The lowest BCUT2D eigenvalue weighted by Crippen LogP contribution is -2.30. The summed E-state index contributed by atoms with van der Waals surface area (Å²) in [6.45, 7) is 4.18. The number of nitrogens with zero attached hydrogens (tertiary/aromatic N) is 3. The van der Waals surface area contributed by atoms with E-state index in [2.05, 4.69) is 39.7 Å². The van der Waals surface area contributed by atoms with E-state index in [1.165, 1.54) is 0 Å². The normalized spacial score (nSPS) is 17.5. The van der Waals surface area contributed by atoms with Gasteiger partial charge in [-0.3, -0.25) is 4.98 Å². The number of ether oxygens (including phenoxy) is 1. The molecule has 0 saturated carbocycles. The molecule has 2 atom stereocenters. The van der Waals surface area contributed by atoms with Crippen molar-refractivity contribution < 1.29 is 4.74 Å². The zero-order valence-corrected chi connectivity index (χ0v) is 21.8. The van der Waals surface area contributed by atoms with Gasteiger partial charge in [0.05, 0.1) is 41.3 Å². The van der Waals surface area contributed by atoms with Crippen LogP contribution in [0.5, 0.6) is 5.75 Å².